The standard InChI is InChI=1S/C18H25BrO2/c1-16(20)8-9-17-10-12-18(13-11-17)21-15-7-5-3-2-4-6-14-19/h8-13H,2-7,14-15H2,1H3/b9-8+. The fraction of sp³-hybridized carbons (Fsp3) is 0.500. The summed E-state index contributed by atoms with van der Waals surface area (Å²) in [5.74, 6) is 0.959. The van der Waals surface area contributed by atoms with Crippen molar-refractivity contribution in [2.45, 2.75) is 45.4 Å². The van der Waals surface area contributed by atoms with Crippen LogP contribution in [0.4, 0.5) is 0 Å². The van der Waals surface area contributed by atoms with Crippen molar-refractivity contribution < 1.29 is 9.53 Å². The van der Waals surface area contributed by atoms with Crippen molar-refractivity contribution in [1.82, 2.24) is 0 Å². The van der Waals surface area contributed by atoms with Crippen LogP contribution in [0.15, 0.2) is 30.3 Å². The van der Waals surface area contributed by atoms with E-state index >= 15 is 0 Å². The molecule has 0 heterocycles. The summed E-state index contributed by atoms with van der Waals surface area (Å²) in [6.07, 6.45) is 11.0. The molecule has 0 amide bonds. The maximum Gasteiger partial charge on any atom is 0.152 e. The van der Waals surface area contributed by atoms with Gasteiger partial charge in [0.1, 0.15) is 5.75 Å². The van der Waals surface area contributed by atoms with Crippen molar-refractivity contribution in [3.63, 3.8) is 0 Å². The minimum Gasteiger partial charge on any atom is -0.494 e. The van der Waals surface area contributed by atoms with Crippen LogP contribution in [0.25, 0.3) is 6.08 Å². The Morgan fingerprint density at radius 3 is 2.29 bits per heavy atom. The highest BCUT2D eigenvalue weighted by Crippen LogP contribution is 2.14. The van der Waals surface area contributed by atoms with Crippen molar-refractivity contribution in [1.29, 1.82) is 0 Å². The number of benzene rings is 1. The predicted molar refractivity (Wildman–Crippen MR) is 93.1 cm³/mol. The first-order chi connectivity index (χ1) is 10.2. The van der Waals surface area contributed by atoms with Gasteiger partial charge in [0.15, 0.2) is 5.78 Å². The molecule has 2 nitrogen and oxygen atoms in total. The first-order valence-electron chi connectivity index (χ1n) is 7.70. The van der Waals surface area contributed by atoms with Crippen LogP contribution in [0.3, 0.4) is 0 Å². The van der Waals surface area contributed by atoms with Crippen LogP contribution in [0.5, 0.6) is 5.75 Å². The number of hydrogen-bond acceptors (Lipinski definition) is 2. The molecule has 116 valence electrons. The number of ketones is 1. The number of alkyl halides is 1. The van der Waals surface area contributed by atoms with Crippen LogP contribution in [0.2, 0.25) is 0 Å². The number of ether oxygens (including phenoxy) is 1. The van der Waals surface area contributed by atoms with Crippen molar-refractivity contribution in [2.75, 3.05) is 11.9 Å². The maximum atomic E-state index is 10.9. The minimum absolute atomic E-state index is 0.0615. The van der Waals surface area contributed by atoms with E-state index in [1.165, 1.54) is 32.1 Å². The number of carbonyl (C=O) groups is 1. The van der Waals surface area contributed by atoms with Crippen LogP contribution in [0, 0.1) is 0 Å². The first-order valence-corrected chi connectivity index (χ1v) is 8.82. The Kier molecular flexibility index (Phi) is 9.88. The summed E-state index contributed by atoms with van der Waals surface area (Å²) in [5.41, 5.74) is 1.02. The van der Waals surface area contributed by atoms with Gasteiger partial charge in [-0.05, 0) is 43.5 Å². The van der Waals surface area contributed by atoms with Crippen LogP contribution in [-0.2, 0) is 4.79 Å². The van der Waals surface area contributed by atoms with E-state index in [0.717, 1.165) is 29.7 Å². The van der Waals surface area contributed by atoms with E-state index in [-0.39, 0.29) is 5.78 Å². The highest BCUT2D eigenvalue weighted by molar-refractivity contribution is 9.09. The lowest BCUT2D eigenvalue weighted by atomic mass is 10.1. The average molecular weight is 353 g/mol. The van der Waals surface area contributed by atoms with Gasteiger partial charge in [0.05, 0.1) is 6.61 Å². The van der Waals surface area contributed by atoms with Crippen molar-refractivity contribution in [3.8, 4) is 5.75 Å². The number of halogens is 1. The van der Waals surface area contributed by atoms with Gasteiger partial charge >= 0.3 is 0 Å². The zero-order valence-corrected chi connectivity index (χ0v) is 14.4. The second-order valence-electron chi connectivity index (χ2n) is 5.17. The average Bonchev–Trinajstić information content (AvgIpc) is 2.49. The van der Waals surface area contributed by atoms with E-state index in [1.807, 2.05) is 30.3 Å². The van der Waals surface area contributed by atoms with Crippen molar-refractivity contribution >= 4 is 27.8 Å². The Bertz CT molecular complexity index is 423. The highest BCUT2D eigenvalue weighted by atomic mass is 79.9. The molecule has 21 heavy (non-hydrogen) atoms. The van der Waals surface area contributed by atoms with E-state index < -0.39 is 0 Å². The molecule has 0 atom stereocenters. The molecule has 0 unspecified atom stereocenters. The summed E-state index contributed by atoms with van der Waals surface area (Å²) < 4.78 is 5.72. The molecule has 0 aliphatic carbocycles. The molecule has 0 aromatic heterocycles. The van der Waals surface area contributed by atoms with Crippen LogP contribution in [0.1, 0.15) is 51.0 Å². The van der Waals surface area contributed by atoms with E-state index in [1.54, 1.807) is 13.0 Å². The molecule has 0 aliphatic rings. The van der Waals surface area contributed by atoms with Gasteiger partial charge in [-0.2, -0.15) is 0 Å². The minimum atomic E-state index is 0.0615. The fourth-order valence-electron chi connectivity index (χ4n) is 1.98. The smallest absolute Gasteiger partial charge is 0.152 e. The molecule has 0 bridgehead atoms. The molecule has 1 aromatic rings. The number of rotatable bonds is 11. The lowest BCUT2D eigenvalue weighted by Crippen LogP contribution is -1.97. The van der Waals surface area contributed by atoms with Gasteiger partial charge in [-0.15, -0.1) is 0 Å². The van der Waals surface area contributed by atoms with Gasteiger partial charge in [0, 0.05) is 5.33 Å². The van der Waals surface area contributed by atoms with Crippen LogP contribution >= 0.6 is 15.9 Å². The number of carbonyl (C=O) groups excluding carboxylic acids is 1. The Morgan fingerprint density at radius 1 is 1.05 bits per heavy atom. The molecule has 0 N–H and O–H groups in total. The summed E-state index contributed by atoms with van der Waals surface area (Å²) >= 11 is 3.45. The van der Waals surface area contributed by atoms with Gasteiger partial charge < -0.3 is 4.74 Å². The maximum absolute atomic E-state index is 10.9. The SMILES string of the molecule is CC(=O)/C=C/c1ccc(OCCCCCCCCBr)cc1. The lowest BCUT2D eigenvalue weighted by Gasteiger charge is -2.06. The Labute approximate surface area is 136 Å². The summed E-state index contributed by atoms with van der Waals surface area (Å²) in [7, 11) is 0. The Hall–Kier alpha value is -1.09. The topological polar surface area (TPSA) is 26.3 Å². The summed E-state index contributed by atoms with van der Waals surface area (Å²) in [5, 5.41) is 1.12. The van der Waals surface area contributed by atoms with E-state index in [4.69, 9.17) is 4.74 Å². The first kappa shape index (κ1) is 18.0. The molecule has 0 radical (unpaired) electrons. The highest BCUT2D eigenvalue weighted by Gasteiger charge is 1.95. The quantitative estimate of drug-likeness (QED) is 0.302. The van der Waals surface area contributed by atoms with E-state index in [2.05, 4.69) is 15.9 Å². The third-order valence-corrected chi connectivity index (χ3v) is 3.75. The molecule has 1 rings (SSSR count). The predicted octanol–water partition coefficient (Wildman–Crippen LogP) is 5.40. The van der Waals surface area contributed by atoms with Crippen LogP contribution < -0.4 is 4.74 Å². The molecular weight excluding hydrogens is 328 g/mol. The van der Waals surface area contributed by atoms with Gasteiger partial charge in [-0.1, -0.05) is 59.8 Å². The van der Waals surface area contributed by atoms with Crippen LogP contribution in [-0.4, -0.2) is 17.7 Å². The van der Waals surface area contributed by atoms with Gasteiger partial charge in [-0.3, -0.25) is 4.79 Å². The normalized spacial score (nSPS) is 11.0. The molecule has 0 saturated carbocycles. The van der Waals surface area contributed by atoms with E-state index in [0.29, 0.717) is 0 Å². The summed E-state index contributed by atoms with van der Waals surface area (Å²) in [6, 6.07) is 7.84. The monoisotopic (exact) mass is 352 g/mol. The lowest BCUT2D eigenvalue weighted by molar-refractivity contribution is -0.112. The van der Waals surface area contributed by atoms with Gasteiger partial charge in [-0.25, -0.2) is 0 Å². The van der Waals surface area contributed by atoms with Gasteiger partial charge in [0.25, 0.3) is 0 Å². The number of unbranched alkanes of at least 4 members (excludes halogenated alkanes) is 5. The molecule has 0 saturated heterocycles. The summed E-state index contributed by atoms with van der Waals surface area (Å²) in [4.78, 5) is 10.9. The number of hydrogen-bond donors (Lipinski definition) is 0. The third-order valence-electron chi connectivity index (χ3n) is 3.19. The van der Waals surface area contributed by atoms with Crippen molar-refractivity contribution in [2.24, 2.45) is 0 Å². The van der Waals surface area contributed by atoms with Crippen molar-refractivity contribution in [3.05, 3.63) is 35.9 Å². The molecule has 3 heteroatoms. The second kappa shape index (κ2) is 11.6. The summed E-state index contributed by atoms with van der Waals surface area (Å²) in [6.45, 7) is 2.33. The Morgan fingerprint density at radius 2 is 1.67 bits per heavy atom. The molecule has 1 aromatic carbocycles. The fourth-order valence-corrected chi connectivity index (χ4v) is 2.38. The largest absolute Gasteiger partial charge is 0.494 e. The second-order valence-corrected chi connectivity index (χ2v) is 5.96. The van der Waals surface area contributed by atoms with Gasteiger partial charge in [0.2, 0.25) is 0 Å². The zero-order valence-electron chi connectivity index (χ0n) is 12.8. The van der Waals surface area contributed by atoms with E-state index in [9.17, 15) is 4.79 Å². The molecule has 0 spiro atoms. The molecule has 0 aliphatic heterocycles. The number of allylic oxidation sites excluding steroid dienone is 1. The molecular formula is C18H25BrO2. The Balaban J connectivity index is 2.14. The third kappa shape index (κ3) is 9.46. The molecule has 0 fully saturated rings. The zero-order chi connectivity index (χ0) is 15.3.